The van der Waals surface area contributed by atoms with Crippen LogP contribution in [0.4, 0.5) is 14.5 Å². The van der Waals surface area contributed by atoms with Gasteiger partial charge in [-0.1, -0.05) is 28.1 Å². The second-order valence-electron chi connectivity index (χ2n) is 4.16. The highest BCUT2D eigenvalue weighted by Gasteiger charge is 2.15. The number of aromatic hydroxyl groups is 1. The molecule has 7 heteroatoms. The van der Waals surface area contributed by atoms with Crippen LogP contribution >= 0.6 is 31.9 Å². The smallest absolute Gasteiger partial charge is 0.263 e. The van der Waals surface area contributed by atoms with Gasteiger partial charge in [0.15, 0.2) is 0 Å². The molecule has 0 atom stereocenters. The van der Waals surface area contributed by atoms with Crippen LogP contribution in [0.25, 0.3) is 0 Å². The SMILES string of the molecule is O=C(Nc1ccc(C(F)F)cc1)c1cc(Br)cc(Br)c1O. The van der Waals surface area contributed by atoms with E-state index >= 15 is 0 Å². The Hall–Kier alpha value is -1.47. The van der Waals surface area contributed by atoms with Crippen molar-refractivity contribution in [1.82, 2.24) is 0 Å². The van der Waals surface area contributed by atoms with Gasteiger partial charge in [-0.05, 0) is 40.2 Å². The molecule has 0 heterocycles. The van der Waals surface area contributed by atoms with Crippen molar-refractivity contribution in [2.75, 3.05) is 5.32 Å². The first-order valence-electron chi connectivity index (χ1n) is 5.76. The third-order valence-corrected chi connectivity index (χ3v) is 3.76. The molecule has 0 radical (unpaired) electrons. The summed E-state index contributed by atoms with van der Waals surface area (Å²) in [6.45, 7) is 0. The Balaban J connectivity index is 2.22. The van der Waals surface area contributed by atoms with E-state index in [9.17, 15) is 18.7 Å². The number of hydrogen-bond donors (Lipinski definition) is 2. The molecule has 0 saturated carbocycles. The van der Waals surface area contributed by atoms with E-state index in [-0.39, 0.29) is 16.9 Å². The number of halogens is 4. The van der Waals surface area contributed by atoms with Gasteiger partial charge in [0, 0.05) is 15.7 Å². The maximum atomic E-state index is 12.4. The van der Waals surface area contributed by atoms with Gasteiger partial charge in [0.25, 0.3) is 12.3 Å². The summed E-state index contributed by atoms with van der Waals surface area (Å²) >= 11 is 6.35. The van der Waals surface area contributed by atoms with Gasteiger partial charge in [0.05, 0.1) is 10.0 Å². The van der Waals surface area contributed by atoms with Gasteiger partial charge in [-0.25, -0.2) is 8.78 Å². The van der Waals surface area contributed by atoms with Gasteiger partial charge >= 0.3 is 0 Å². The van der Waals surface area contributed by atoms with Gasteiger partial charge in [0.2, 0.25) is 0 Å². The van der Waals surface area contributed by atoms with Gasteiger partial charge < -0.3 is 10.4 Å². The lowest BCUT2D eigenvalue weighted by molar-refractivity contribution is 0.102. The third kappa shape index (κ3) is 3.79. The summed E-state index contributed by atoms with van der Waals surface area (Å²) in [5.41, 5.74) is 0.301. The molecule has 110 valence electrons. The van der Waals surface area contributed by atoms with Crippen molar-refractivity contribution in [1.29, 1.82) is 0 Å². The van der Waals surface area contributed by atoms with Crippen LogP contribution in [0.1, 0.15) is 22.3 Å². The molecule has 2 rings (SSSR count). The van der Waals surface area contributed by atoms with Gasteiger partial charge in [0.1, 0.15) is 5.75 Å². The molecule has 0 saturated heterocycles. The van der Waals surface area contributed by atoms with E-state index < -0.39 is 12.3 Å². The number of amides is 1. The fourth-order valence-electron chi connectivity index (χ4n) is 1.65. The maximum Gasteiger partial charge on any atom is 0.263 e. The Labute approximate surface area is 136 Å². The number of carbonyl (C=O) groups excluding carboxylic acids is 1. The minimum absolute atomic E-state index is 0.0641. The van der Waals surface area contributed by atoms with Crippen LogP contribution < -0.4 is 5.32 Å². The monoisotopic (exact) mass is 419 g/mol. The Morgan fingerprint density at radius 1 is 1.14 bits per heavy atom. The van der Waals surface area contributed by atoms with Crippen molar-refractivity contribution in [2.45, 2.75) is 6.43 Å². The Kier molecular flexibility index (Phi) is 4.95. The molecule has 0 unspecified atom stereocenters. The molecule has 1 amide bonds. The van der Waals surface area contributed by atoms with E-state index in [2.05, 4.69) is 37.2 Å². The lowest BCUT2D eigenvalue weighted by Gasteiger charge is -2.09. The molecular formula is C14H9Br2F2NO2. The topological polar surface area (TPSA) is 49.3 Å². The van der Waals surface area contributed by atoms with Gasteiger partial charge in [-0.2, -0.15) is 0 Å². The summed E-state index contributed by atoms with van der Waals surface area (Å²) < 4.78 is 25.9. The minimum atomic E-state index is -2.56. The molecule has 2 aromatic rings. The van der Waals surface area contributed by atoms with Crippen LogP contribution in [0.5, 0.6) is 5.75 Å². The summed E-state index contributed by atoms with van der Waals surface area (Å²) in [6.07, 6.45) is -2.56. The van der Waals surface area contributed by atoms with Crippen molar-refractivity contribution in [3.63, 3.8) is 0 Å². The van der Waals surface area contributed by atoms with Crippen LogP contribution in [0.3, 0.4) is 0 Å². The highest BCUT2D eigenvalue weighted by molar-refractivity contribution is 9.11. The standard InChI is InChI=1S/C14H9Br2F2NO2/c15-8-5-10(12(20)11(16)6-8)14(21)19-9-3-1-7(2-4-9)13(17)18/h1-6,13,20H,(H,19,21). The quantitative estimate of drug-likeness (QED) is 0.725. The summed E-state index contributed by atoms with van der Waals surface area (Å²) in [5, 5.41) is 12.4. The van der Waals surface area contributed by atoms with Crippen LogP contribution in [-0.2, 0) is 0 Å². The van der Waals surface area contributed by atoms with Crippen molar-refractivity contribution in [2.24, 2.45) is 0 Å². The molecule has 0 aliphatic heterocycles. The Morgan fingerprint density at radius 2 is 1.76 bits per heavy atom. The third-order valence-electron chi connectivity index (χ3n) is 2.69. The van der Waals surface area contributed by atoms with E-state index in [0.29, 0.717) is 14.6 Å². The number of carbonyl (C=O) groups is 1. The number of phenolic OH excluding ortho intramolecular Hbond substituents is 1. The number of benzene rings is 2. The number of alkyl halides is 2. The molecule has 0 aromatic heterocycles. The predicted octanol–water partition coefficient (Wildman–Crippen LogP) is 5.11. The predicted molar refractivity (Wildman–Crippen MR) is 82.9 cm³/mol. The van der Waals surface area contributed by atoms with Crippen molar-refractivity contribution < 1.29 is 18.7 Å². The second-order valence-corrected chi connectivity index (χ2v) is 5.93. The lowest BCUT2D eigenvalue weighted by atomic mass is 10.1. The molecule has 3 nitrogen and oxygen atoms in total. The fraction of sp³-hybridized carbons (Fsp3) is 0.0714. The highest BCUT2D eigenvalue weighted by Crippen LogP contribution is 2.32. The number of phenols is 1. The number of hydrogen-bond acceptors (Lipinski definition) is 2. The normalized spacial score (nSPS) is 10.7. The summed E-state index contributed by atoms with van der Waals surface area (Å²) in [7, 11) is 0. The number of nitrogens with one attached hydrogen (secondary N) is 1. The largest absolute Gasteiger partial charge is 0.506 e. The van der Waals surface area contributed by atoms with Gasteiger partial charge in [-0.15, -0.1) is 0 Å². The van der Waals surface area contributed by atoms with Crippen LogP contribution in [0.2, 0.25) is 0 Å². The summed E-state index contributed by atoms with van der Waals surface area (Å²) in [6, 6.07) is 8.29. The number of rotatable bonds is 3. The highest BCUT2D eigenvalue weighted by atomic mass is 79.9. The van der Waals surface area contributed by atoms with E-state index in [1.54, 1.807) is 6.07 Å². The Morgan fingerprint density at radius 3 is 2.33 bits per heavy atom. The molecule has 0 bridgehead atoms. The molecule has 2 aromatic carbocycles. The van der Waals surface area contributed by atoms with E-state index in [0.717, 1.165) is 0 Å². The van der Waals surface area contributed by atoms with Crippen LogP contribution in [0, 0.1) is 0 Å². The van der Waals surface area contributed by atoms with E-state index in [4.69, 9.17) is 0 Å². The fourth-order valence-corrected chi connectivity index (χ4v) is 2.87. The first kappa shape index (κ1) is 15.9. The molecular weight excluding hydrogens is 412 g/mol. The average molecular weight is 421 g/mol. The van der Waals surface area contributed by atoms with E-state index in [1.165, 1.54) is 30.3 Å². The molecule has 0 spiro atoms. The zero-order valence-corrected chi connectivity index (χ0v) is 13.6. The van der Waals surface area contributed by atoms with Crippen molar-refractivity contribution in [3.8, 4) is 5.75 Å². The Bertz CT molecular complexity index is 675. The first-order valence-corrected chi connectivity index (χ1v) is 7.34. The summed E-state index contributed by atoms with van der Waals surface area (Å²) in [4.78, 5) is 12.1. The van der Waals surface area contributed by atoms with Crippen LogP contribution in [0.15, 0.2) is 45.3 Å². The first-order chi connectivity index (χ1) is 9.88. The van der Waals surface area contributed by atoms with Crippen molar-refractivity contribution >= 4 is 43.5 Å². The molecule has 0 aliphatic carbocycles. The number of anilines is 1. The molecule has 0 fully saturated rings. The second kappa shape index (κ2) is 6.53. The molecule has 0 aliphatic rings. The zero-order chi connectivity index (χ0) is 15.6. The molecule has 2 N–H and O–H groups in total. The van der Waals surface area contributed by atoms with E-state index in [1.807, 2.05) is 0 Å². The lowest BCUT2D eigenvalue weighted by Crippen LogP contribution is -2.12. The summed E-state index contributed by atoms with van der Waals surface area (Å²) in [5.74, 6) is -0.737. The van der Waals surface area contributed by atoms with Gasteiger partial charge in [-0.3, -0.25) is 4.79 Å². The minimum Gasteiger partial charge on any atom is -0.506 e. The van der Waals surface area contributed by atoms with Crippen molar-refractivity contribution in [3.05, 3.63) is 56.5 Å². The van der Waals surface area contributed by atoms with Crippen LogP contribution in [-0.4, -0.2) is 11.0 Å². The average Bonchev–Trinajstić information content (AvgIpc) is 2.43. The molecule has 21 heavy (non-hydrogen) atoms. The maximum absolute atomic E-state index is 12.4. The zero-order valence-electron chi connectivity index (χ0n) is 10.4.